The molecule has 2 rings (SSSR count). The molecular weight excluding hydrogens is 264 g/mol. The topological polar surface area (TPSA) is 12.0 Å². The van der Waals surface area contributed by atoms with E-state index in [1.165, 1.54) is 17.0 Å². The maximum absolute atomic E-state index is 13.7. The van der Waals surface area contributed by atoms with Gasteiger partial charge in [-0.2, -0.15) is 0 Å². The van der Waals surface area contributed by atoms with Crippen LogP contribution in [0, 0.1) is 11.6 Å². The minimum Gasteiger partial charge on any atom is -0.303 e. The van der Waals surface area contributed by atoms with Gasteiger partial charge in [0.05, 0.1) is 0 Å². The van der Waals surface area contributed by atoms with E-state index >= 15 is 0 Å². The maximum Gasteiger partial charge on any atom is 0.130 e. The van der Waals surface area contributed by atoms with Crippen molar-refractivity contribution in [1.82, 2.24) is 5.32 Å². The molecule has 1 aromatic carbocycles. The van der Waals surface area contributed by atoms with Crippen molar-refractivity contribution in [2.45, 2.75) is 32.4 Å². The number of nitrogens with one attached hydrogen (secondary N) is 1. The molecule has 0 bridgehead atoms. The van der Waals surface area contributed by atoms with Gasteiger partial charge in [-0.25, -0.2) is 8.78 Å². The van der Waals surface area contributed by atoms with Gasteiger partial charge in [0.1, 0.15) is 11.6 Å². The first-order valence-corrected chi connectivity index (χ1v) is 7.24. The Kier molecular flexibility index (Phi) is 4.66. The van der Waals surface area contributed by atoms with Crippen molar-refractivity contribution >= 4 is 11.3 Å². The smallest absolute Gasteiger partial charge is 0.130 e. The van der Waals surface area contributed by atoms with Crippen LogP contribution in [0.5, 0.6) is 0 Å². The molecule has 0 aliphatic carbocycles. The molecule has 102 valence electrons. The van der Waals surface area contributed by atoms with Crippen LogP contribution in [0.3, 0.4) is 0 Å². The van der Waals surface area contributed by atoms with Crippen LogP contribution in [0.2, 0.25) is 0 Å². The van der Waals surface area contributed by atoms with Gasteiger partial charge in [0.25, 0.3) is 0 Å². The molecule has 1 aromatic heterocycles. The van der Waals surface area contributed by atoms with Crippen molar-refractivity contribution < 1.29 is 8.78 Å². The predicted molar refractivity (Wildman–Crippen MR) is 75.3 cm³/mol. The van der Waals surface area contributed by atoms with E-state index in [1.807, 2.05) is 18.4 Å². The molecule has 0 aliphatic heterocycles. The summed E-state index contributed by atoms with van der Waals surface area (Å²) in [6.07, 6.45) is 0.924. The monoisotopic (exact) mass is 281 g/mol. The third kappa shape index (κ3) is 3.39. The molecule has 0 aliphatic rings. The zero-order valence-electron chi connectivity index (χ0n) is 11.0. The van der Waals surface area contributed by atoms with Crippen LogP contribution in [0.1, 0.15) is 42.8 Å². The van der Waals surface area contributed by atoms with Gasteiger partial charge in [0, 0.05) is 28.6 Å². The molecular formula is C15H17F2NS. The highest BCUT2D eigenvalue weighted by Gasteiger charge is 2.17. The molecule has 2 unspecified atom stereocenters. The largest absolute Gasteiger partial charge is 0.303 e. The molecule has 2 aromatic rings. The summed E-state index contributed by atoms with van der Waals surface area (Å²) < 4.78 is 26.6. The summed E-state index contributed by atoms with van der Waals surface area (Å²) in [6.45, 7) is 3.98. The van der Waals surface area contributed by atoms with Crippen LogP contribution in [0.25, 0.3) is 0 Å². The van der Waals surface area contributed by atoms with Crippen LogP contribution >= 0.6 is 11.3 Å². The number of hydrogen-bond acceptors (Lipinski definition) is 2. The Morgan fingerprint density at radius 1 is 1.26 bits per heavy atom. The molecule has 0 fully saturated rings. The Labute approximate surface area is 116 Å². The number of hydrogen-bond donors (Lipinski definition) is 1. The average molecular weight is 281 g/mol. The van der Waals surface area contributed by atoms with E-state index in [2.05, 4.69) is 18.3 Å². The number of rotatable bonds is 5. The van der Waals surface area contributed by atoms with E-state index < -0.39 is 11.6 Å². The van der Waals surface area contributed by atoms with E-state index in [0.29, 0.717) is 5.56 Å². The molecule has 0 amide bonds. The fourth-order valence-electron chi connectivity index (χ4n) is 2.13. The molecule has 19 heavy (non-hydrogen) atoms. The third-order valence-electron chi connectivity index (χ3n) is 3.18. The molecule has 2 atom stereocenters. The number of benzene rings is 1. The lowest BCUT2D eigenvalue weighted by molar-refractivity contribution is 0.445. The Morgan fingerprint density at radius 3 is 2.63 bits per heavy atom. The Balaban J connectivity index is 2.13. The lowest BCUT2D eigenvalue weighted by Crippen LogP contribution is -2.24. The zero-order valence-corrected chi connectivity index (χ0v) is 11.8. The first-order chi connectivity index (χ1) is 9.11. The number of thiophene rings is 1. The summed E-state index contributed by atoms with van der Waals surface area (Å²) in [5.74, 6) is -1.04. The van der Waals surface area contributed by atoms with Gasteiger partial charge < -0.3 is 5.32 Å². The van der Waals surface area contributed by atoms with Gasteiger partial charge in [-0.1, -0.05) is 19.1 Å². The van der Waals surface area contributed by atoms with Gasteiger partial charge in [0.15, 0.2) is 0 Å². The van der Waals surface area contributed by atoms with Crippen molar-refractivity contribution in [2.75, 3.05) is 0 Å². The van der Waals surface area contributed by atoms with Crippen molar-refractivity contribution in [3.8, 4) is 0 Å². The van der Waals surface area contributed by atoms with Gasteiger partial charge in [-0.15, -0.1) is 11.3 Å². The van der Waals surface area contributed by atoms with Crippen molar-refractivity contribution in [1.29, 1.82) is 0 Å². The minimum atomic E-state index is -0.543. The summed E-state index contributed by atoms with van der Waals surface area (Å²) >= 11 is 1.68. The van der Waals surface area contributed by atoms with Crippen molar-refractivity contribution in [3.05, 3.63) is 57.8 Å². The highest BCUT2D eigenvalue weighted by molar-refractivity contribution is 7.10. The number of halogens is 2. The second kappa shape index (κ2) is 6.26. The molecule has 0 saturated carbocycles. The summed E-state index contributed by atoms with van der Waals surface area (Å²) in [4.78, 5) is 1.23. The molecule has 1 N–H and O–H groups in total. The van der Waals surface area contributed by atoms with Gasteiger partial charge in [-0.3, -0.25) is 0 Å². The van der Waals surface area contributed by atoms with Crippen molar-refractivity contribution in [2.24, 2.45) is 0 Å². The van der Waals surface area contributed by atoms with Crippen LogP contribution in [0.15, 0.2) is 35.7 Å². The molecule has 0 radical (unpaired) electrons. The Bertz CT molecular complexity index is 525. The molecule has 0 spiro atoms. The van der Waals surface area contributed by atoms with Crippen LogP contribution in [0.4, 0.5) is 8.78 Å². The van der Waals surface area contributed by atoms with E-state index in [9.17, 15) is 8.78 Å². The highest BCUT2D eigenvalue weighted by atomic mass is 32.1. The SMILES string of the molecule is CCC(NC(C)c1ccc(F)cc1F)c1cccs1. The van der Waals surface area contributed by atoms with Gasteiger partial charge in [-0.05, 0) is 30.9 Å². The third-order valence-corrected chi connectivity index (χ3v) is 4.16. The lowest BCUT2D eigenvalue weighted by atomic mass is 10.1. The van der Waals surface area contributed by atoms with Gasteiger partial charge in [0.2, 0.25) is 0 Å². The van der Waals surface area contributed by atoms with E-state index in [1.54, 1.807) is 11.3 Å². The minimum absolute atomic E-state index is 0.160. The highest BCUT2D eigenvalue weighted by Crippen LogP contribution is 2.26. The van der Waals surface area contributed by atoms with Crippen molar-refractivity contribution in [3.63, 3.8) is 0 Å². The standard InChI is InChI=1S/C15H17F2NS/c1-3-14(15-5-4-8-19-15)18-10(2)12-7-6-11(16)9-13(12)17/h4-10,14,18H,3H2,1-2H3. The van der Waals surface area contributed by atoms with E-state index in [-0.39, 0.29) is 12.1 Å². The molecule has 1 heterocycles. The Hall–Kier alpha value is -1.26. The lowest BCUT2D eigenvalue weighted by Gasteiger charge is -2.22. The fraction of sp³-hybridized carbons (Fsp3) is 0.333. The summed E-state index contributed by atoms with van der Waals surface area (Å²) in [5.41, 5.74) is 0.497. The van der Waals surface area contributed by atoms with E-state index in [4.69, 9.17) is 0 Å². The Morgan fingerprint density at radius 2 is 2.05 bits per heavy atom. The molecule has 4 heteroatoms. The van der Waals surface area contributed by atoms with Crippen LogP contribution in [-0.2, 0) is 0 Å². The molecule has 1 nitrogen and oxygen atoms in total. The fourth-order valence-corrected chi connectivity index (χ4v) is 3.01. The predicted octanol–water partition coefficient (Wildman–Crippen LogP) is 4.83. The van der Waals surface area contributed by atoms with Gasteiger partial charge >= 0.3 is 0 Å². The van der Waals surface area contributed by atoms with Crippen LogP contribution in [-0.4, -0.2) is 0 Å². The zero-order chi connectivity index (χ0) is 13.8. The normalized spacial score (nSPS) is 14.3. The first kappa shape index (κ1) is 14.2. The summed E-state index contributed by atoms with van der Waals surface area (Å²) in [5, 5.41) is 5.42. The summed E-state index contributed by atoms with van der Waals surface area (Å²) in [6, 6.07) is 7.84. The van der Waals surface area contributed by atoms with E-state index in [0.717, 1.165) is 12.5 Å². The molecule has 0 saturated heterocycles. The van der Waals surface area contributed by atoms with Crippen LogP contribution < -0.4 is 5.32 Å². The quantitative estimate of drug-likeness (QED) is 0.828. The second-order valence-corrected chi connectivity index (χ2v) is 5.51. The first-order valence-electron chi connectivity index (χ1n) is 6.36. The second-order valence-electron chi connectivity index (χ2n) is 4.53. The maximum atomic E-state index is 13.7. The summed E-state index contributed by atoms with van der Waals surface area (Å²) in [7, 11) is 0. The average Bonchev–Trinajstić information content (AvgIpc) is 2.89.